The molecule has 0 saturated carbocycles. The summed E-state index contributed by atoms with van der Waals surface area (Å²) in [6.45, 7) is 3.38. The molecule has 1 fully saturated rings. The Balaban J connectivity index is 1.69. The monoisotopic (exact) mass is 358 g/mol. The lowest BCUT2D eigenvalue weighted by Gasteiger charge is -2.35. The summed E-state index contributed by atoms with van der Waals surface area (Å²) < 4.78 is 37.1. The Kier molecular flexibility index (Phi) is 4.73. The zero-order valence-electron chi connectivity index (χ0n) is 13.1. The van der Waals surface area contributed by atoms with Gasteiger partial charge >= 0.3 is 6.18 Å². The number of hydrogen-bond donors (Lipinski definition) is 0. The van der Waals surface area contributed by atoms with Gasteiger partial charge in [0.15, 0.2) is 0 Å². The topological polar surface area (TPSA) is 49.3 Å². The number of aryl methyl sites for hydroxylation is 1. The number of rotatable bonds is 4. The number of anilines is 1. The Hall–Kier alpha value is -1.74. The molecule has 0 bridgehead atoms. The molecule has 0 aliphatic carbocycles. The smallest absolute Gasteiger partial charge is 0.353 e. The Morgan fingerprint density at radius 1 is 1.25 bits per heavy atom. The molecule has 3 heterocycles. The van der Waals surface area contributed by atoms with Gasteiger partial charge in [-0.15, -0.1) is 11.3 Å². The van der Waals surface area contributed by atoms with Crippen LogP contribution in [0.4, 0.5) is 19.0 Å². The molecule has 130 valence electrons. The quantitative estimate of drug-likeness (QED) is 0.841. The highest BCUT2D eigenvalue weighted by Crippen LogP contribution is 2.31. The molecule has 0 unspecified atom stereocenters. The fraction of sp³-hybridized carbons (Fsp3) is 0.533. The minimum atomic E-state index is -4.76. The summed E-state index contributed by atoms with van der Waals surface area (Å²) in [6, 6.07) is 2.08. The van der Waals surface area contributed by atoms with Crippen LogP contribution in [0.1, 0.15) is 11.8 Å². The number of nitrogens with zero attached hydrogens (tertiary/aromatic N) is 4. The van der Waals surface area contributed by atoms with E-state index in [4.69, 9.17) is 0 Å². The van der Waals surface area contributed by atoms with E-state index in [1.54, 1.807) is 11.3 Å². The summed E-state index contributed by atoms with van der Waals surface area (Å²) in [6.07, 6.45) is -2.32. The van der Waals surface area contributed by atoms with E-state index in [2.05, 4.69) is 23.0 Å². The zero-order chi connectivity index (χ0) is 17.3. The van der Waals surface area contributed by atoms with Gasteiger partial charge in [-0.1, -0.05) is 6.92 Å². The second kappa shape index (κ2) is 6.64. The SMILES string of the molecule is CCc1cc2c(N3CCN(CC(=O)C(F)(F)F)CC3)ncnc2s1. The maximum absolute atomic E-state index is 12.4. The third-order valence-electron chi connectivity index (χ3n) is 4.06. The van der Waals surface area contributed by atoms with Crippen LogP contribution in [-0.2, 0) is 11.2 Å². The number of thiophene rings is 1. The van der Waals surface area contributed by atoms with Gasteiger partial charge in [-0.05, 0) is 12.5 Å². The van der Waals surface area contributed by atoms with Gasteiger partial charge in [-0.2, -0.15) is 13.2 Å². The molecule has 0 spiro atoms. The molecular weight excluding hydrogens is 341 g/mol. The van der Waals surface area contributed by atoms with Gasteiger partial charge in [0, 0.05) is 31.1 Å². The van der Waals surface area contributed by atoms with Crippen molar-refractivity contribution in [1.82, 2.24) is 14.9 Å². The van der Waals surface area contributed by atoms with Crippen molar-refractivity contribution in [1.29, 1.82) is 0 Å². The van der Waals surface area contributed by atoms with Crippen LogP contribution >= 0.6 is 11.3 Å². The highest BCUT2D eigenvalue weighted by atomic mass is 32.1. The Labute approximate surface area is 141 Å². The number of alkyl halides is 3. The van der Waals surface area contributed by atoms with Crippen molar-refractivity contribution in [3.8, 4) is 0 Å². The van der Waals surface area contributed by atoms with Crippen molar-refractivity contribution in [3.63, 3.8) is 0 Å². The predicted octanol–water partition coefficient (Wildman–Crippen LogP) is 2.51. The van der Waals surface area contributed by atoms with E-state index in [1.807, 2.05) is 4.90 Å². The Bertz CT molecular complexity index is 738. The summed E-state index contributed by atoms with van der Waals surface area (Å²) in [5.41, 5.74) is 0. The highest BCUT2D eigenvalue weighted by Gasteiger charge is 2.39. The molecule has 0 radical (unpaired) electrons. The number of halogens is 3. The highest BCUT2D eigenvalue weighted by molar-refractivity contribution is 7.18. The maximum Gasteiger partial charge on any atom is 0.451 e. The average molecular weight is 358 g/mol. The largest absolute Gasteiger partial charge is 0.451 e. The molecule has 2 aromatic rings. The minimum Gasteiger partial charge on any atom is -0.353 e. The summed E-state index contributed by atoms with van der Waals surface area (Å²) in [4.78, 5) is 25.5. The second-order valence-electron chi connectivity index (χ2n) is 5.67. The number of Topliss-reactive ketones (excluding diaryl/α,β-unsaturated/α-hetero) is 1. The molecular formula is C15H17F3N4OS. The first-order valence-electron chi connectivity index (χ1n) is 7.69. The number of ketones is 1. The Morgan fingerprint density at radius 3 is 2.58 bits per heavy atom. The fourth-order valence-corrected chi connectivity index (χ4v) is 3.66. The van der Waals surface area contributed by atoms with E-state index in [9.17, 15) is 18.0 Å². The minimum absolute atomic E-state index is 0.401. The van der Waals surface area contributed by atoms with Crippen molar-refractivity contribution < 1.29 is 18.0 Å². The lowest BCUT2D eigenvalue weighted by Crippen LogP contribution is -2.49. The number of fused-ring (bicyclic) bond motifs is 1. The summed E-state index contributed by atoms with van der Waals surface area (Å²) in [5.74, 6) is -0.872. The molecule has 0 amide bonds. The maximum atomic E-state index is 12.4. The van der Waals surface area contributed by atoms with E-state index in [0.717, 1.165) is 22.5 Å². The van der Waals surface area contributed by atoms with Gasteiger partial charge < -0.3 is 4.90 Å². The normalized spacial score (nSPS) is 16.8. The van der Waals surface area contributed by atoms with Crippen LogP contribution in [0, 0.1) is 0 Å². The zero-order valence-corrected chi connectivity index (χ0v) is 14.0. The van der Waals surface area contributed by atoms with Crippen LogP contribution in [0.15, 0.2) is 12.4 Å². The van der Waals surface area contributed by atoms with Crippen molar-refractivity contribution in [3.05, 3.63) is 17.3 Å². The molecule has 1 aliphatic rings. The van der Waals surface area contributed by atoms with Crippen LogP contribution in [0.3, 0.4) is 0 Å². The van der Waals surface area contributed by atoms with E-state index >= 15 is 0 Å². The molecule has 24 heavy (non-hydrogen) atoms. The third kappa shape index (κ3) is 3.51. The van der Waals surface area contributed by atoms with Crippen LogP contribution in [0.2, 0.25) is 0 Å². The first kappa shape index (κ1) is 17.1. The first-order chi connectivity index (χ1) is 11.4. The fourth-order valence-electron chi connectivity index (χ4n) is 2.73. The molecule has 2 aromatic heterocycles. The number of piperazine rings is 1. The van der Waals surface area contributed by atoms with E-state index < -0.39 is 18.5 Å². The van der Waals surface area contributed by atoms with Crippen molar-refractivity contribution in [2.75, 3.05) is 37.6 Å². The molecule has 1 aliphatic heterocycles. The standard InChI is InChI=1S/C15H17F3N4OS/c1-2-10-7-11-13(19-9-20-14(11)24-10)22-5-3-21(4-6-22)8-12(23)15(16,17)18/h7,9H,2-6,8H2,1H3. The summed E-state index contributed by atoms with van der Waals surface area (Å²) >= 11 is 1.63. The van der Waals surface area contributed by atoms with E-state index in [1.165, 1.54) is 16.1 Å². The number of carbonyl (C=O) groups is 1. The predicted molar refractivity (Wildman–Crippen MR) is 86.5 cm³/mol. The van der Waals surface area contributed by atoms with Gasteiger partial charge in [-0.25, -0.2) is 9.97 Å². The summed E-state index contributed by atoms with van der Waals surface area (Å²) in [5, 5.41) is 0.985. The number of hydrogen-bond acceptors (Lipinski definition) is 6. The van der Waals surface area contributed by atoms with Gasteiger partial charge in [0.2, 0.25) is 5.78 Å². The number of aromatic nitrogens is 2. The Morgan fingerprint density at radius 2 is 1.96 bits per heavy atom. The molecule has 0 aromatic carbocycles. The van der Waals surface area contributed by atoms with E-state index in [-0.39, 0.29) is 0 Å². The molecule has 0 N–H and O–H groups in total. The van der Waals surface area contributed by atoms with E-state index in [0.29, 0.717) is 26.2 Å². The first-order valence-corrected chi connectivity index (χ1v) is 8.51. The van der Waals surface area contributed by atoms with Gasteiger partial charge in [0.1, 0.15) is 17.0 Å². The van der Waals surface area contributed by atoms with Gasteiger partial charge in [-0.3, -0.25) is 9.69 Å². The van der Waals surface area contributed by atoms with Crippen molar-refractivity contribution >= 4 is 33.2 Å². The molecule has 0 atom stereocenters. The second-order valence-corrected chi connectivity index (χ2v) is 6.78. The lowest BCUT2D eigenvalue weighted by atomic mass is 10.2. The van der Waals surface area contributed by atoms with Crippen LogP contribution in [-0.4, -0.2) is 59.6 Å². The summed E-state index contributed by atoms with van der Waals surface area (Å²) in [7, 11) is 0. The van der Waals surface area contributed by atoms with Gasteiger partial charge in [0.25, 0.3) is 0 Å². The van der Waals surface area contributed by atoms with Crippen molar-refractivity contribution in [2.45, 2.75) is 19.5 Å². The molecule has 5 nitrogen and oxygen atoms in total. The van der Waals surface area contributed by atoms with Crippen LogP contribution in [0.25, 0.3) is 10.2 Å². The molecule has 1 saturated heterocycles. The third-order valence-corrected chi connectivity index (χ3v) is 5.25. The number of carbonyl (C=O) groups excluding carboxylic acids is 1. The van der Waals surface area contributed by atoms with Crippen LogP contribution < -0.4 is 4.90 Å². The lowest BCUT2D eigenvalue weighted by molar-refractivity contribution is -0.172. The molecule has 3 rings (SSSR count). The van der Waals surface area contributed by atoms with Crippen molar-refractivity contribution in [2.24, 2.45) is 0 Å². The molecule has 9 heteroatoms. The van der Waals surface area contributed by atoms with Crippen LogP contribution in [0.5, 0.6) is 0 Å². The van der Waals surface area contributed by atoms with Gasteiger partial charge in [0.05, 0.1) is 11.9 Å². The average Bonchev–Trinajstić information content (AvgIpc) is 2.98.